The molecular weight excluding hydrogens is 310 g/mol. The molecule has 124 valence electrons. The molecule has 0 N–H and O–H groups in total. The van der Waals surface area contributed by atoms with Crippen LogP contribution in [0.1, 0.15) is 31.2 Å². The summed E-state index contributed by atoms with van der Waals surface area (Å²) in [6, 6.07) is 6.46. The summed E-state index contributed by atoms with van der Waals surface area (Å²) in [5.41, 5.74) is 2.25. The number of halogens is 1. The van der Waals surface area contributed by atoms with Crippen molar-refractivity contribution in [1.82, 2.24) is 9.80 Å². The van der Waals surface area contributed by atoms with E-state index >= 15 is 0 Å². The second-order valence-corrected chi connectivity index (χ2v) is 7.46. The van der Waals surface area contributed by atoms with Crippen LogP contribution >= 0.6 is 11.6 Å². The van der Waals surface area contributed by atoms with E-state index in [0.717, 1.165) is 43.4 Å². The number of benzene rings is 1. The Balaban J connectivity index is 1.62. The molecule has 2 fully saturated rings. The first kappa shape index (κ1) is 15.4. The van der Waals surface area contributed by atoms with Gasteiger partial charge in [0.1, 0.15) is 0 Å². The van der Waals surface area contributed by atoms with E-state index in [-0.39, 0.29) is 5.91 Å². The fourth-order valence-electron chi connectivity index (χ4n) is 4.24. The number of anilines is 1. The van der Waals surface area contributed by atoms with Crippen molar-refractivity contribution in [3.05, 3.63) is 28.8 Å². The molecule has 1 unspecified atom stereocenters. The van der Waals surface area contributed by atoms with Gasteiger partial charge in [-0.1, -0.05) is 11.6 Å². The van der Waals surface area contributed by atoms with E-state index in [9.17, 15) is 4.79 Å². The van der Waals surface area contributed by atoms with Crippen LogP contribution < -0.4 is 4.90 Å². The zero-order valence-electron chi connectivity index (χ0n) is 13.5. The van der Waals surface area contributed by atoms with E-state index in [1.54, 1.807) is 0 Å². The van der Waals surface area contributed by atoms with E-state index in [2.05, 4.69) is 9.80 Å². The van der Waals surface area contributed by atoms with Crippen LogP contribution in [0.25, 0.3) is 0 Å². The van der Waals surface area contributed by atoms with Crippen LogP contribution in [-0.4, -0.2) is 54.5 Å². The maximum atomic E-state index is 13.0. The summed E-state index contributed by atoms with van der Waals surface area (Å²) in [6.45, 7) is 5.53. The van der Waals surface area contributed by atoms with Crippen molar-refractivity contribution in [3.63, 3.8) is 0 Å². The molecule has 0 aliphatic carbocycles. The van der Waals surface area contributed by atoms with Crippen molar-refractivity contribution >= 4 is 23.2 Å². The molecule has 0 bridgehead atoms. The van der Waals surface area contributed by atoms with Crippen molar-refractivity contribution in [2.45, 2.75) is 38.3 Å². The SMILES string of the molecule is O=C(CN1CCCC1)N1CC2CCCN2Cc2cc(Cl)ccc21. The maximum absolute atomic E-state index is 13.0. The summed E-state index contributed by atoms with van der Waals surface area (Å²) in [5, 5.41) is 0.758. The maximum Gasteiger partial charge on any atom is 0.241 e. The largest absolute Gasteiger partial charge is 0.309 e. The molecule has 3 aliphatic rings. The van der Waals surface area contributed by atoms with E-state index < -0.39 is 0 Å². The Labute approximate surface area is 143 Å². The van der Waals surface area contributed by atoms with Crippen LogP contribution in [0, 0.1) is 0 Å². The molecule has 5 heteroatoms. The molecule has 3 aliphatic heterocycles. The van der Waals surface area contributed by atoms with Gasteiger partial charge in [-0.25, -0.2) is 0 Å². The lowest BCUT2D eigenvalue weighted by molar-refractivity contribution is -0.119. The third kappa shape index (κ3) is 3.12. The first-order chi connectivity index (χ1) is 11.2. The molecule has 23 heavy (non-hydrogen) atoms. The number of rotatable bonds is 2. The lowest BCUT2D eigenvalue weighted by Crippen LogP contribution is -2.44. The van der Waals surface area contributed by atoms with Gasteiger partial charge in [-0.15, -0.1) is 0 Å². The lowest BCUT2D eigenvalue weighted by Gasteiger charge is -2.28. The average molecular weight is 334 g/mol. The zero-order chi connectivity index (χ0) is 15.8. The van der Waals surface area contributed by atoms with Crippen LogP contribution in [-0.2, 0) is 11.3 Å². The minimum Gasteiger partial charge on any atom is -0.309 e. The van der Waals surface area contributed by atoms with E-state index in [1.165, 1.54) is 31.2 Å². The van der Waals surface area contributed by atoms with Gasteiger partial charge in [-0.2, -0.15) is 0 Å². The summed E-state index contributed by atoms with van der Waals surface area (Å²) in [7, 11) is 0. The molecule has 1 amide bonds. The number of fused-ring (bicyclic) bond motifs is 2. The molecule has 0 saturated carbocycles. The number of carbonyl (C=O) groups is 1. The van der Waals surface area contributed by atoms with Crippen molar-refractivity contribution in [1.29, 1.82) is 0 Å². The first-order valence-corrected chi connectivity index (χ1v) is 9.14. The summed E-state index contributed by atoms with van der Waals surface area (Å²) in [4.78, 5) is 19.8. The smallest absolute Gasteiger partial charge is 0.241 e. The quantitative estimate of drug-likeness (QED) is 0.832. The molecule has 2 saturated heterocycles. The monoisotopic (exact) mass is 333 g/mol. The number of hydrogen-bond donors (Lipinski definition) is 0. The zero-order valence-corrected chi connectivity index (χ0v) is 14.3. The molecule has 0 aromatic heterocycles. The van der Waals surface area contributed by atoms with Gasteiger partial charge in [0.2, 0.25) is 5.91 Å². The summed E-state index contributed by atoms with van der Waals surface area (Å²) in [5.74, 6) is 0.240. The molecule has 0 radical (unpaired) electrons. The number of nitrogens with zero attached hydrogens (tertiary/aromatic N) is 3. The Morgan fingerprint density at radius 2 is 2.00 bits per heavy atom. The first-order valence-electron chi connectivity index (χ1n) is 8.76. The predicted molar refractivity (Wildman–Crippen MR) is 92.9 cm³/mol. The molecule has 0 spiro atoms. The van der Waals surface area contributed by atoms with Gasteiger partial charge in [0.15, 0.2) is 0 Å². The summed E-state index contributed by atoms with van der Waals surface area (Å²) in [6.07, 6.45) is 4.86. The lowest BCUT2D eigenvalue weighted by atomic mass is 10.1. The number of likely N-dealkylation sites (tertiary alicyclic amines) is 1. The van der Waals surface area contributed by atoms with Gasteiger partial charge >= 0.3 is 0 Å². The van der Waals surface area contributed by atoms with E-state index in [1.807, 2.05) is 23.1 Å². The second kappa shape index (κ2) is 6.42. The van der Waals surface area contributed by atoms with E-state index in [4.69, 9.17) is 11.6 Å². The number of carbonyl (C=O) groups excluding carboxylic acids is 1. The molecule has 1 atom stereocenters. The van der Waals surface area contributed by atoms with Gasteiger partial charge in [-0.05, 0) is 69.1 Å². The van der Waals surface area contributed by atoms with Gasteiger partial charge in [0.25, 0.3) is 0 Å². The Kier molecular flexibility index (Phi) is 4.31. The highest BCUT2D eigenvalue weighted by Gasteiger charge is 2.34. The highest BCUT2D eigenvalue weighted by Crippen LogP contribution is 2.33. The molecular formula is C18H24ClN3O. The van der Waals surface area contributed by atoms with Crippen molar-refractivity contribution in [2.24, 2.45) is 0 Å². The van der Waals surface area contributed by atoms with Crippen LogP contribution in [0.3, 0.4) is 0 Å². The minimum atomic E-state index is 0.240. The van der Waals surface area contributed by atoms with Crippen LogP contribution in [0.15, 0.2) is 18.2 Å². The van der Waals surface area contributed by atoms with Gasteiger partial charge in [0, 0.05) is 29.8 Å². The number of hydrogen-bond acceptors (Lipinski definition) is 3. The third-order valence-electron chi connectivity index (χ3n) is 5.46. The second-order valence-electron chi connectivity index (χ2n) is 7.03. The number of amides is 1. The summed E-state index contributed by atoms with van der Waals surface area (Å²) >= 11 is 6.21. The fraction of sp³-hybridized carbons (Fsp3) is 0.611. The normalized spacial score (nSPS) is 25.3. The highest BCUT2D eigenvalue weighted by atomic mass is 35.5. The topological polar surface area (TPSA) is 26.8 Å². The van der Waals surface area contributed by atoms with Crippen molar-refractivity contribution < 1.29 is 4.79 Å². The fourth-order valence-corrected chi connectivity index (χ4v) is 4.43. The van der Waals surface area contributed by atoms with Gasteiger partial charge < -0.3 is 4.90 Å². The Morgan fingerprint density at radius 3 is 2.83 bits per heavy atom. The molecule has 4 nitrogen and oxygen atoms in total. The predicted octanol–water partition coefficient (Wildman–Crippen LogP) is 2.75. The third-order valence-corrected chi connectivity index (χ3v) is 5.69. The molecule has 1 aromatic rings. The van der Waals surface area contributed by atoms with Crippen molar-refractivity contribution in [2.75, 3.05) is 37.6 Å². The van der Waals surface area contributed by atoms with Crippen LogP contribution in [0.5, 0.6) is 0 Å². The molecule has 4 rings (SSSR count). The Bertz CT molecular complexity index is 600. The Hall–Kier alpha value is -1.10. The highest BCUT2D eigenvalue weighted by molar-refractivity contribution is 6.30. The Morgan fingerprint density at radius 1 is 1.17 bits per heavy atom. The average Bonchev–Trinajstić information content (AvgIpc) is 3.15. The van der Waals surface area contributed by atoms with Gasteiger partial charge in [0.05, 0.1) is 6.54 Å². The molecule has 3 heterocycles. The summed E-state index contributed by atoms with van der Waals surface area (Å²) < 4.78 is 0. The van der Waals surface area contributed by atoms with Crippen molar-refractivity contribution in [3.8, 4) is 0 Å². The van der Waals surface area contributed by atoms with E-state index in [0.29, 0.717) is 12.6 Å². The minimum absolute atomic E-state index is 0.240. The van der Waals surface area contributed by atoms with Crippen LogP contribution in [0.2, 0.25) is 5.02 Å². The van der Waals surface area contributed by atoms with Gasteiger partial charge in [-0.3, -0.25) is 14.6 Å². The molecule has 1 aromatic carbocycles. The standard InChI is InChI=1S/C18H24ClN3O/c19-15-5-6-17-14(10-15)11-21-9-3-4-16(21)12-22(17)18(23)13-20-7-1-2-8-20/h5-6,10,16H,1-4,7-9,11-13H2. The van der Waals surface area contributed by atoms with Crippen LogP contribution in [0.4, 0.5) is 5.69 Å².